The number of hydrazine groups is 1. The number of anilines is 2. The highest BCUT2D eigenvalue weighted by molar-refractivity contribution is 7.95. The molecule has 0 aromatic heterocycles. The molecule has 0 saturated carbocycles. The Morgan fingerprint density at radius 2 is 1.45 bits per heavy atom. The summed E-state index contributed by atoms with van der Waals surface area (Å²) in [4.78, 5) is 24.1. The Labute approximate surface area is 192 Å². The molecule has 3 rings (SSSR count). The topological polar surface area (TPSA) is 116 Å². The molecule has 0 fully saturated rings. The summed E-state index contributed by atoms with van der Waals surface area (Å²) in [5.74, 6) is -0.949. The Bertz CT molecular complexity index is 1220. The third-order valence-electron chi connectivity index (χ3n) is 4.47. The van der Waals surface area contributed by atoms with Crippen LogP contribution in [0.15, 0.2) is 84.3 Å². The average molecular weight is 465 g/mol. The third-order valence-corrected chi connectivity index (χ3v) is 5.48. The second-order valence-corrected chi connectivity index (χ2v) is 8.73. The van der Waals surface area contributed by atoms with Crippen molar-refractivity contribution in [3.05, 3.63) is 101 Å². The molecule has 8 nitrogen and oxygen atoms in total. The van der Waals surface area contributed by atoms with E-state index in [1.807, 2.05) is 49.4 Å². The van der Waals surface area contributed by atoms with E-state index in [0.29, 0.717) is 5.69 Å². The van der Waals surface area contributed by atoms with Crippen LogP contribution >= 0.6 is 0 Å². The standard InChI is InChI=1S/C24H24N4O4S/c1-18-7-11-21(12-8-18)25-17-23(29)26-27-24(30)20-9-13-22(14-10-20)28-33(31,32)16-15-19-5-3-2-4-6-19/h2-16,25,28H,17H2,1H3,(H,26,29)(H,27,30)/b16-15+. The van der Waals surface area contributed by atoms with Gasteiger partial charge in [0.05, 0.1) is 12.0 Å². The summed E-state index contributed by atoms with van der Waals surface area (Å²) < 4.78 is 26.9. The van der Waals surface area contributed by atoms with Gasteiger partial charge in [-0.05, 0) is 55.0 Å². The number of aryl methyl sites for hydroxylation is 1. The maximum atomic E-state index is 12.2. The molecule has 0 bridgehead atoms. The van der Waals surface area contributed by atoms with Gasteiger partial charge in [0.15, 0.2) is 0 Å². The summed E-state index contributed by atoms with van der Waals surface area (Å²) in [6.07, 6.45) is 1.49. The molecule has 0 aliphatic carbocycles. The number of carbonyl (C=O) groups is 2. The number of benzene rings is 3. The van der Waals surface area contributed by atoms with Gasteiger partial charge in [-0.2, -0.15) is 0 Å². The van der Waals surface area contributed by atoms with Crippen molar-refractivity contribution >= 4 is 39.3 Å². The molecule has 4 N–H and O–H groups in total. The lowest BCUT2D eigenvalue weighted by atomic mass is 10.2. The van der Waals surface area contributed by atoms with Crippen LogP contribution in [-0.2, 0) is 14.8 Å². The van der Waals surface area contributed by atoms with E-state index in [1.165, 1.54) is 30.3 Å². The Morgan fingerprint density at radius 3 is 2.12 bits per heavy atom. The lowest BCUT2D eigenvalue weighted by molar-refractivity contribution is -0.120. The van der Waals surface area contributed by atoms with Crippen LogP contribution in [0, 0.1) is 6.92 Å². The molecule has 0 spiro atoms. The number of amides is 2. The fourth-order valence-corrected chi connectivity index (χ4v) is 3.59. The predicted molar refractivity (Wildman–Crippen MR) is 130 cm³/mol. The highest BCUT2D eigenvalue weighted by Crippen LogP contribution is 2.13. The van der Waals surface area contributed by atoms with Crippen molar-refractivity contribution in [2.75, 3.05) is 16.6 Å². The molecule has 170 valence electrons. The first-order valence-corrected chi connectivity index (χ1v) is 11.6. The molecule has 2 amide bonds. The van der Waals surface area contributed by atoms with E-state index in [1.54, 1.807) is 12.1 Å². The van der Waals surface area contributed by atoms with Gasteiger partial charge in [0.2, 0.25) is 0 Å². The van der Waals surface area contributed by atoms with Crippen molar-refractivity contribution in [1.82, 2.24) is 10.9 Å². The van der Waals surface area contributed by atoms with E-state index in [4.69, 9.17) is 0 Å². The van der Waals surface area contributed by atoms with Crippen molar-refractivity contribution in [3.8, 4) is 0 Å². The minimum atomic E-state index is -3.71. The first-order valence-electron chi connectivity index (χ1n) is 10.1. The fraction of sp³-hybridized carbons (Fsp3) is 0.0833. The van der Waals surface area contributed by atoms with Crippen LogP contribution in [0.3, 0.4) is 0 Å². The van der Waals surface area contributed by atoms with Crippen molar-refractivity contribution in [2.45, 2.75) is 6.92 Å². The number of hydrogen-bond donors (Lipinski definition) is 4. The smallest absolute Gasteiger partial charge is 0.269 e. The maximum Gasteiger partial charge on any atom is 0.269 e. The number of nitrogens with one attached hydrogen (secondary N) is 4. The zero-order valence-electron chi connectivity index (χ0n) is 17.9. The van der Waals surface area contributed by atoms with Gasteiger partial charge in [0.25, 0.3) is 21.8 Å². The highest BCUT2D eigenvalue weighted by atomic mass is 32.2. The fourth-order valence-electron chi connectivity index (χ4n) is 2.72. The molecule has 33 heavy (non-hydrogen) atoms. The summed E-state index contributed by atoms with van der Waals surface area (Å²) in [7, 11) is -3.71. The molecule has 0 unspecified atom stereocenters. The minimum absolute atomic E-state index is 0.0133. The van der Waals surface area contributed by atoms with Crippen LogP contribution in [0.4, 0.5) is 11.4 Å². The van der Waals surface area contributed by atoms with E-state index in [2.05, 4.69) is 20.9 Å². The second kappa shape index (κ2) is 11.0. The van der Waals surface area contributed by atoms with E-state index in [-0.39, 0.29) is 12.1 Å². The second-order valence-electron chi connectivity index (χ2n) is 7.16. The monoisotopic (exact) mass is 464 g/mol. The molecule has 3 aromatic rings. The van der Waals surface area contributed by atoms with Gasteiger partial charge in [0, 0.05) is 16.9 Å². The quantitative estimate of drug-likeness (QED) is 0.382. The molecule has 0 radical (unpaired) electrons. The van der Waals surface area contributed by atoms with Gasteiger partial charge < -0.3 is 5.32 Å². The normalized spacial score (nSPS) is 11.1. The molecule has 0 aliphatic rings. The number of hydrogen-bond acceptors (Lipinski definition) is 5. The van der Waals surface area contributed by atoms with Gasteiger partial charge in [-0.15, -0.1) is 0 Å². The SMILES string of the molecule is Cc1ccc(NCC(=O)NNC(=O)c2ccc(NS(=O)(=O)/C=C/c3ccccc3)cc2)cc1. The third kappa shape index (κ3) is 7.82. The largest absolute Gasteiger partial charge is 0.376 e. The van der Waals surface area contributed by atoms with Crippen molar-refractivity contribution in [3.63, 3.8) is 0 Å². The van der Waals surface area contributed by atoms with Crippen LogP contribution < -0.4 is 20.9 Å². The number of rotatable bonds is 8. The zero-order chi connectivity index (χ0) is 23.7. The summed E-state index contributed by atoms with van der Waals surface area (Å²) in [5, 5.41) is 4.02. The van der Waals surface area contributed by atoms with E-state index >= 15 is 0 Å². The van der Waals surface area contributed by atoms with Crippen LogP contribution in [0.25, 0.3) is 6.08 Å². The van der Waals surface area contributed by atoms with Gasteiger partial charge >= 0.3 is 0 Å². The molecule has 9 heteroatoms. The molecule has 0 saturated heterocycles. The Kier molecular flexibility index (Phi) is 7.82. The van der Waals surface area contributed by atoms with E-state index in [0.717, 1.165) is 22.2 Å². The van der Waals surface area contributed by atoms with Crippen molar-refractivity contribution < 1.29 is 18.0 Å². The number of sulfonamides is 1. The van der Waals surface area contributed by atoms with E-state index in [9.17, 15) is 18.0 Å². The molecule has 0 aliphatic heterocycles. The van der Waals surface area contributed by atoms with Crippen LogP contribution in [-0.4, -0.2) is 26.8 Å². The van der Waals surface area contributed by atoms with E-state index < -0.39 is 21.8 Å². The first kappa shape index (κ1) is 23.6. The molecule has 0 heterocycles. The van der Waals surface area contributed by atoms with Crippen molar-refractivity contribution in [2.24, 2.45) is 0 Å². The van der Waals surface area contributed by atoms with Gasteiger partial charge in [-0.3, -0.25) is 25.2 Å². The Balaban J connectivity index is 1.47. The van der Waals surface area contributed by atoms with Gasteiger partial charge in [0.1, 0.15) is 0 Å². The minimum Gasteiger partial charge on any atom is -0.376 e. The molecular formula is C24H24N4O4S. The van der Waals surface area contributed by atoms with Gasteiger partial charge in [-0.1, -0.05) is 48.0 Å². The summed E-state index contributed by atoms with van der Waals surface area (Å²) in [6, 6.07) is 22.4. The number of carbonyl (C=O) groups excluding carboxylic acids is 2. The van der Waals surface area contributed by atoms with Crippen LogP contribution in [0.5, 0.6) is 0 Å². The average Bonchev–Trinajstić information content (AvgIpc) is 2.82. The molecule has 0 atom stereocenters. The van der Waals surface area contributed by atoms with Gasteiger partial charge in [-0.25, -0.2) is 8.42 Å². The summed E-state index contributed by atoms with van der Waals surface area (Å²) in [6.45, 7) is 1.96. The highest BCUT2D eigenvalue weighted by Gasteiger charge is 2.10. The van der Waals surface area contributed by atoms with Crippen LogP contribution in [0.1, 0.15) is 21.5 Å². The first-order chi connectivity index (χ1) is 15.8. The lowest BCUT2D eigenvalue weighted by Crippen LogP contribution is -2.44. The Morgan fingerprint density at radius 1 is 0.818 bits per heavy atom. The predicted octanol–water partition coefficient (Wildman–Crippen LogP) is 3.28. The van der Waals surface area contributed by atoms with Crippen LogP contribution in [0.2, 0.25) is 0 Å². The lowest BCUT2D eigenvalue weighted by Gasteiger charge is -2.10. The maximum absolute atomic E-state index is 12.2. The summed E-state index contributed by atoms with van der Waals surface area (Å²) >= 11 is 0. The summed E-state index contributed by atoms with van der Waals surface area (Å²) in [5.41, 5.74) is 7.86. The molecular weight excluding hydrogens is 440 g/mol. The van der Waals surface area contributed by atoms with Crippen molar-refractivity contribution in [1.29, 1.82) is 0 Å². The Hall–Kier alpha value is -4.11. The molecule has 3 aromatic carbocycles. The zero-order valence-corrected chi connectivity index (χ0v) is 18.7.